The van der Waals surface area contributed by atoms with Gasteiger partial charge >= 0.3 is 0 Å². The molecule has 3 N–H and O–H groups in total. The average molecular weight is 572 g/mol. The van der Waals surface area contributed by atoms with Gasteiger partial charge in [0.25, 0.3) is 5.91 Å². The number of hydrogen-bond donors (Lipinski definition) is 3. The fourth-order valence-electron chi connectivity index (χ4n) is 5.00. The van der Waals surface area contributed by atoms with Gasteiger partial charge in [0.1, 0.15) is 6.04 Å². The van der Waals surface area contributed by atoms with Crippen molar-refractivity contribution in [2.45, 2.75) is 70.0 Å². The highest BCUT2D eigenvalue weighted by Gasteiger charge is 2.31. The summed E-state index contributed by atoms with van der Waals surface area (Å²) in [5, 5.41) is 10.8. The Bertz CT molecular complexity index is 1300. The van der Waals surface area contributed by atoms with Crippen LogP contribution in [0, 0.1) is 5.92 Å². The van der Waals surface area contributed by atoms with E-state index in [4.69, 9.17) is 23.2 Å². The molecule has 2 amide bonds. The van der Waals surface area contributed by atoms with E-state index in [0.717, 1.165) is 47.5 Å². The van der Waals surface area contributed by atoms with Gasteiger partial charge in [-0.3, -0.25) is 14.6 Å². The summed E-state index contributed by atoms with van der Waals surface area (Å²) in [7, 11) is 0. The maximum atomic E-state index is 13.2. The van der Waals surface area contributed by atoms with Gasteiger partial charge in [-0.2, -0.15) is 0 Å². The van der Waals surface area contributed by atoms with Gasteiger partial charge in [0, 0.05) is 27.7 Å². The van der Waals surface area contributed by atoms with Gasteiger partial charge in [0.2, 0.25) is 5.91 Å². The molecule has 38 heavy (non-hydrogen) atoms. The standard InChI is InChI=1S/C29H32Cl2N4O2S/c1-17(33-23-15-21(31)16-32-27(23)19-7-4-8-20(30)14-19)25-11-12-26(38-25)29(37)35-24(13-18-5-2-3-6-18)28(36)34-22-9-10-22/h4,7-8,11-12,14-18,22,24,33H,2-3,5-6,9-10,13H2,1H3,(H,34,36)(H,35,37)/t17-,24+/m1/s1. The molecule has 2 aliphatic carbocycles. The van der Waals surface area contributed by atoms with E-state index >= 15 is 0 Å². The third-order valence-corrected chi connectivity index (χ3v) is 8.90. The molecule has 3 aromatic rings. The zero-order chi connectivity index (χ0) is 26.6. The first-order valence-corrected chi connectivity index (χ1v) is 14.8. The molecule has 6 nitrogen and oxygen atoms in total. The molecule has 2 heterocycles. The summed E-state index contributed by atoms with van der Waals surface area (Å²) in [4.78, 5) is 32.2. The van der Waals surface area contributed by atoms with Crippen molar-refractivity contribution in [3.05, 3.63) is 68.5 Å². The first-order valence-electron chi connectivity index (χ1n) is 13.2. The molecule has 1 aromatic carbocycles. The normalized spacial score (nSPS) is 17.1. The molecule has 200 valence electrons. The summed E-state index contributed by atoms with van der Waals surface area (Å²) in [6, 6.07) is 12.8. The lowest BCUT2D eigenvalue weighted by atomic mass is 9.97. The SMILES string of the molecule is C[C@@H](Nc1cc(Cl)cnc1-c1cccc(Cl)c1)c1ccc(C(=O)N[C@@H](CC2CCCC2)C(=O)NC2CC2)s1. The van der Waals surface area contributed by atoms with Crippen LogP contribution in [-0.2, 0) is 4.79 Å². The topological polar surface area (TPSA) is 83.1 Å². The highest BCUT2D eigenvalue weighted by Crippen LogP contribution is 2.34. The second-order valence-corrected chi connectivity index (χ2v) is 12.3. The number of carbonyl (C=O) groups is 2. The molecule has 0 aliphatic heterocycles. The zero-order valence-corrected chi connectivity index (χ0v) is 23.6. The highest BCUT2D eigenvalue weighted by molar-refractivity contribution is 7.14. The number of aromatic nitrogens is 1. The van der Waals surface area contributed by atoms with Crippen LogP contribution >= 0.6 is 34.5 Å². The molecular weight excluding hydrogens is 539 g/mol. The summed E-state index contributed by atoms with van der Waals surface area (Å²) in [5.41, 5.74) is 2.41. The van der Waals surface area contributed by atoms with E-state index in [2.05, 4.69) is 20.9 Å². The van der Waals surface area contributed by atoms with Crippen LogP contribution in [0.25, 0.3) is 11.3 Å². The van der Waals surface area contributed by atoms with Crippen molar-refractivity contribution in [1.29, 1.82) is 0 Å². The number of hydrogen-bond acceptors (Lipinski definition) is 5. The van der Waals surface area contributed by atoms with E-state index < -0.39 is 6.04 Å². The molecular formula is C29H32Cl2N4O2S. The number of amides is 2. The minimum Gasteiger partial charge on any atom is -0.376 e. The second-order valence-electron chi connectivity index (χ2n) is 10.3. The van der Waals surface area contributed by atoms with Gasteiger partial charge in [0.15, 0.2) is 0 Å². The van der Waals surface area contributed by atoms with Crippen molar-refractivity contribution in [2.75, 3.05) is 5.32 Å². The third-order valence-electron chi connectivity index (χ3n) is 7.19. The predicted octanol–water partition coefficient (Wildman–Crippen LogP) is 7.25. The van der Waals surface area contributed by atoms with Crippen molar-refractivity contribution in [2.24, 2.45) is 5.92 Å². The molecule has 0 bridgehead atoms. The Morgan fingerprint density at radius 2 is 1.84 bits per heavy atom. The summed E-state index contributed by atoms with van der Waals surface area (Å²) in [5.74, 6) is 0.237. The van der Waals surface area contributed by atoms with Gasteiger partial charge in [0.05, 0.1) is 27.3 Å². The Hall–Kier alpha value is -2.61. The number of halogens is 2. The van der Waals surface area contributed by atoms with E-state index in [1.165, 1.54) is 24.2 Å². The molecule has 0 radical (unpaired) electrons. The summed E-state index contributed by atoms with van der Waals surface area (Å²) >= 11 is 13.9. The first-order chi connectivity index (χ1) is 18.4. The number of nitrogens with zero attached hydrogens (tertiary/aromatic N) is 1. The van der Waals surface area contributed by atoms with Crippen molar-refractivity contribution in [3.63, 3.8) is 0 Å². The molecule has 0 saturated heterocycles. The van der Waals surface area contributed by atoms with Crippen LogP contribution in [0.2, 0.25) is 10.0 Å². The van der Waals surface area contributed by atoms with E-state index in [-0.39, 0.29) is 23.9 Å². The largest absolute Gasteiger partial charge is 0.376 e. The van der Waals surface area contributed by atoms with Gasteiger partial charge in [-0.25, -0.2) is 0 Å². The van der Waals surface area contributed by atoms with E-state index in [1.54, 1.807) is 6.20 Å². The number of anilines is 1. The number of rotatable bonds is 10. The molecule has 2 atom stereocenters. The van der Waals surface area contributed by atoms with Crippen LogP contribution in [0.1, 0.15) is 72.5 Å². The van der Waals surface area contributed by atoms with Crippen molar-refractivity contribution in [1.82, 2.24) is 15.6 Å². The van der Waals surface area contributed by atoms with Crippen molar-refractivity contribution in [3.8, 4) is 11.3 Å². The average Bonchev–Trinajstić information content (AvgIpc) is 3.33. The van der Waals surface area contributed by atoms with Crippen LogP contribution < -0.4 is 16.0 Å². The Morgan fingerprint density at radius 3 is 2.58 bits per heavy atom. The molecule has 2 aliphatic rings. The van der Waals surface area contributed by atoms with Gasteiger partial charge in [-0.15, -0.1) is 11.3 Å². The number of nitrogens with one attached hydrogen (secondary N) is 3. The van der Waals surface area contributed by atoms with E-state index in [0.29, 0.717) is 27.3 Å². The predicted molar refractivity (Wildman–Crippen MR) is 155 cm³/mol. The highest BCUT2D eigenvalue weighted by atomic mass is 35.5. The van der Waals surface area contributed by atoms with Crippen LogP contribution in [0.15, 0.2) is 48.7 Å². The Labute approximate surface area is 237 Å². The Morgan fingerprint density at radius 1 is 1.05 bits per heavy atom. The minimum absolute atomic E-state index is 0.0541. The third kappa shape index (κ3) is 6.87. The maximum Gasteiger partial charge on any atom is 0.262 e. The number of pyridine rings is 1. The van der Waals surface area contributed by atoms with Crippen molar-refractivity contribution >= 4 is 52.0 Å². The Kier molecular flexibility index (Phi) is 8.56. The molecule has 2 aromatic heterocycles. The number of carbonyl (C=O) groups excluding carboxylic acids is 2. The second kappa shape index (κ2) is 12.1. The van der Waals surface area contributed by atoms with E-state index in [1.807, 2.05) is 49.4 Å². The molecule has 2 saturated carbocycles. The monoisotopic (exact) mass is 570 g/mol. The zero-order valence-electron chi connectivity index (χ0n) is 21.3. The number of thiophene rings is 1. The van der Waals surface area contributed by atoms with Gasteiger partial charge in [-0.05, 0) is 62.4 Å². The van der Waals surface area contributed by atoms with Crippen LogP contribution in [0.3, 0.4) is 0 Å². The minimum atomic E-state index is -0.495. The lowest BCUT2D eigenvalue weighted by Gasteiger charge is -2.21. The Balaban J connectivity index is 1.28. The van der Waals surface area contributed by atoms with Crippen LogP contribution in [0.5, 0.6) is 0 Å². The fourth-order valence-corrected chi connectivity index (χ4v) is 6.26. The molecule has 5 rings (SSSR count). The molecule has 0 unspecified atom stereocenters. The smallest absolute Gasteiger partial charge is 0.262 e. The molecule has 9 heteroatoms. The van der Waals surface area contributed by atoms with Crippen molar-refractivity contribution < 1.29 is 9.59 Å². The molecule has 0 spiro atoms. The number of benzene rings is 1. The molecule has 2 fully saturated rings. The summed E-state index contributed by atoms with van der Waals surface area (Å²) in [6.45, 7) is 2.03. The first kappa shape index (κ1) is 27.0. The lowest BCUT2D eigenvalue weighted by Crippen LogP contribution is -2.48. The lowest BCUT2D eigenvalue weighted by molar-refractivity contribution is -0.123. The maximum absolute atomic E-state index is 13.2. The van der Waals surface area contributed by atoms with Crippen LogP contribution in [0.4, 0.5) is 5.69 Å². The van der Waals surface area contributed by atoms with E-state index in [9.17, 15) is 9.59 Å². The van der Waals surface area contributed by atoms with Gasteiger partial charge in [-0.1, -0.05) is 61.0 Å². The fraction of sp³-hybridized carbons (Fsp3) is 0.414. The van der Waals surface area contributed by atoms with Crippen LogP contribution in [-0.4, -0.2) is 28.9 Å². The summed E-state index contributed by atoms with van der Waals surface area (Å²) in [6.07, 6.45) is 9.03. The summed E-state index contributed by atoms with van der Waals surface area (Å²) < 4.78 is 0. The quantitative estimate of drug-likeness (QED) is 0.240. The van der Waals surface area contributed by atoms with Gasteiger partial charge < -0.3 is 16.0 Å².